The van der Waals surface area contributed by atoms with Gasteiger partial charge >= 0.3 is 0 Å². The Balaban J connectivity index is 2.73. The maximum atomic E-state index is 5.18. The number of para-hydroxylation sites is 1. The van der Waals surface area contributed by atoms with Gasteiger partial charge in [-0.15, -0.1) is 0 Å². The average molecular weight is 189 g/mol. The van der Waals surface area contributed by atoms with Crippen molar-refractivity contribution in [2.75, 3.05) is 19.5 Å². The Hall–Kier alpha value is -1.84. The minimum atomic E-state index is 0.570. The van der Waals surface area contributed by atoms with Crippen molar-refractivity contribution in [2.24, 2.45) is 0 Å². The lowest BCUT2D eigenvalue weighted by atomic mass is 10.2. The molecule has 0 saturated carbocycles. The van der Waals surface area contributed by atoms with Crippen LogP contribution in [0.4, 0.5) is 5.95 Å². The lowest BCUT2D eigenvalue weighted by Crippen LogP contribution is -1.99. The zero-order valence-electron chi connectivity index (χ0n) is 8.11. The molecule has 2 rings (SSSR count). The van der Waals surface area contributed by atoms with Crippen LogP contribution in [-0.2, 0) is 0 Å². The number of fused-ring (bicyclic) bond motifs is 1. The van der Waals surface area contributed by atoms with Crippen LogP contribution >= 0.6 is 0 Å². The molecule has 4 nitrogen and oxygen atoms in total. The molecule has 1 N–H and O–H groups in total. The molecule has 0 bridgehead atoms. The van der Waals surface area contributed by atoms with Crippen molar-refractivity contribution < 1.29 is 4.74 Å². The number of aromatic nitrogens is 2. The summed E-state index contributed by atoms with van der Waals surface area (Å²) in [5, 5.41) is 3.82. The minimum Gasteiger partial charge on any atom is -0.480 e. The summed E-state index contributed by atoms with van der Waals surface area (Å²) in [4.78, 5) is 8.49. The standard InChI is InChI=1S/C10H11N3O/c1-11-10-12-8-6-4-3-5-7(8)9(13-10)14-2/h3-6H,1-2H3,(H,11,12,13). The fraction of sp³-hybridized carbons (Fsp3) is 0.200. The van der Waals surface area contributed by atoms with Gasteiger partial charge in [0.15, 0.2) is 0 Å². The number of rotatable bonds is 2. The molecule has 0 atom stereocenters. The van der Waals surface area contributed by atoms with E-state index in [-0.39, 0.29) is 0 Å². The third-order valence-corrected chi connectivity index (χ3v) is 1.99. The molecule has 1 aromatic heterocycles. The van der Waals surface area contributed by atoms with Gasteiger partial charge in [-0.3, -0.25) is 0 Å². The van der Waals surface area contributed by atoms with E-state index < -0.39 is 0 Å². The summed E-state index contributed by atoms with van der Waals surface area (Å²) >= 11 is 0. The number of anilines is 1. The highest BCUT2D eigenvalue weighted by atomic mass is 16.5. The molecule has 1 heterocycles. The maximum absolute atomic E-state index is 5.18. The fourth-order valence-corrected chi connectivity index (χ4v) is 1.31. The maximum Gasteiger partial charge on any atom is 0.226 e. The molecule has 4 heteroatoms. The lowest BCUT2D eigenvalue weighted by molar-refractivity contribution is 0.403. The van der Waals surface area contributed by atoms with Crippen LogP contribution in [0.2, 0.25) is 0 Å². The number of methoxy groups -OCH3 is 1. The molecule has 14 heavy (non-hydrogen) atoms. The predicted molar refractivity (Wildman–Crippen MR) is 55.6 cm³/mol. The second kappa shape index (κ2) is 3.49. The van der Waals surface area contributed by atoms with E-state index in [0.29, 0.717) is 11.8 Å². The van der Waals surface area contributed by atoms with E-state index in [9.17, 15) is 0 Å². The number of hydrogen-bond acceptors (Lipinski definition) is 4. The van der Waals surface area contributed by atoms with Crippen molar-refractivity contribution in [3.63, 3.8) is 0 Å². The van der Waals surface area contributed by atoms with Crippen molar-refractivity contribution in [1.82, 2.24) is 9.97 Å². The molecule has 0 radical (unpaired) electrons. The normalized spacial score (nSPS) is 10.1. The molecule has 0 aliphatic rings. The first-order valence-corrected chi connectivity index (χ1v) is 4.33. The van der Waals surface area contributed by atoms with Crippen molar-refractivity contribution in [3.8, 4) is 5.88 Å². The van der Waals surface area contributed by atoms with Gasteiger partial charge in [-0.1, -0.05) is 12.1 Å². The summed E-state index contributed by atoms with van der Waals surface area (Å²) in [6, 6.07) is 7.75. The first-order valence-electron chi connectivity index (χ1n) is 4.33. The van der Waals surface area contributed by atoms with Crippen LogP contribution in [0, 0.1) is 0 Å². The smallest absolute Gasteiger partial charge is 0.226 e. The van der Waals surface area contributed by atoms with Crippen molar-refractivity contribution in [1.29, 1.82) is 0 Å². The zero-order chi connectivity index (χ0) is 9.97. The molecule has 0 spiro atoms. The zero-order valence-corrected chi connectivity index (χ0v) is 8.11. The number of nitrogens with zero attached hydrogens (tertiary/aromatic N) is 2. The quantitative estimate of drug-likeness (QED) is 0.780. The topological polar surface area (TPSA) is 47.0 Å². The van der Waals surface area contributed by atoms with Gasteiger partial charge in [0.05, 0.1) is 18.0 Å². The van der Waals surface area contributed by atoms with Crippen molar-refractivity contribution >= 4 is 16.9 Å². The Labute approximate surface area is 81.9 Å². The van der Waals surface area contributed by atoms with E-state index in [1.807, 2.05) is 24.3 Å². The largest absolute Gasteiger partial charge is 0.480 e. The Morgan fingerprint density at radius 3 is 2.71 bits per heavy atom. The van der Waals surface area contributed by atoms with Gasteiger partial charge in [0.1, 0.15) is 0 Å². The summed E-state index contributed by atoms with van der Waals surface area (Å²) in [5.74, 6) is 1.17. The molecule has 0 aliphatic heterocycles. The van der Waals surface area contributed by atoms with Crippen LogP contribution in [0.3, 0.4) is 0 Å². The first kappa shape index (κ1) is 8.74. The lowest BCUT2D eigenvalue weighted by Gasteiger charge is -2.05. The van der Waals surface area contributed by atoms with Gasteiger partial charge in [-0.05, 0) is 12.1 Å². The molecule has 0 unspecified atom stereocenters. The van der Waals surface area contributed by atoms with E-state index in [1.54, 1.807) is 14.2 Å². The minimum absolute atomic E-state index is 0.570. The Morgan fingerprint density at radius 2 is 2.00 bits per heavy atom. The summed E-state index contributed by atoms with van der Waals surface area (Å²) in [5.41, 5.74) is 0.878. The molecule has 0 amide bonds. The van der Waals surface area contributed by atoms with Crippen molar-refractivity contribution in [2.45, 2.75) is 0 Å². The number of nitrogens with one attached hydrogen (secondary N) is 1. The SMILES string of the molecule is CNc1nc(OC)c2ccccc2n1. The Bertz CT molecular complexity index is 456. The second-order valence-electron chi connectivity index (χ2n) is 2.82. The van der Waals surface area contributed by atoms with Gasteiger partial charge in [0.2, 0.25) is 11.8 Å². The summed E-state index contributed by atoms with van der Waals surface area (Å²) in [6.45, 7) is 0. The molecule has 0 aliphatic carbocycles. The van der Waals surface area contributed by atoms with Crippen LogP contribution in [0.1, 0.15) is 0 Å². The van der Waals surface area contributed by atoms with Crippen LogP contribution in [0.15, 0.2) is 24.3 Å². The average Bonchev–Trinajstić information content (AvgIpc) is 2.27. The Morgan fingerprint density at radius 1 is 1.21 bits per heavy atom. The van der Waals surface area contributed by atoms with Crippen LogP contribution in [0.25, 0.3) is 10.9 Å². The van der Waals surface area contributed by atoms with E-state index in [0.717, 1.165) is 10.9 Å². The highest BCUT2D eigenvalue weighted by Gasteiger charge is 2.05. The molecule has 0 fully saturated rings. The molecule has 2 aromatic rings. The number of ether oxygens (including phenoxy) is 1. The fourth-order valence-electron chi connectivity index (χ4n) is 1.31. The molecule has 72 valence electrons. The van der Waals surface area contributed by atoms with Gasteiger partial charge in [0, 0.05) is 7.05 Å². The number of hydrogen-bond donors (Lipinski definition) is 1. The van der Waals surface area contributed by atoms with E-state index >= 15 is 0 Å². The number of benzene rings is 1. The highest BCUT2D eigenvalue weighted by Crippen LogP contribution is 2.22. The molecule has 0 saturated heterocycles. The van der Waals surface area contributed by atoms with Crippen LogP contribution < -0.4 is 10.1 Å². The van der Waals surface area contributed by atoms with Gasteiger partial charge in [-0.25, -0.2) is 4.98 Å². The summed E-state index contributed by atoms with van der Waals surface area (Å²) < 4.78 is 5.18. The summed E-state index contributed by atoms with van der Waals surface area (Å²) in [6.07, 6.45) is 0. The monoisotopic (exact) mass is 189 g/mol. The van der Waals surface area contributed by atoms with Crippen molar-refractivity contribution in [3.05, 3.63) is 24.3 Å². The van der Waals surface area contributed by atoms with Gasteiger partial charge in [-0.2, -0.15) is 4.98 Å². The summed E-state index contributed by atoms with van der Waals surface area (Å²) in [7, 11) is 3.39. The van der Waals surface area contributed by atoms with Gasteiger partial charge in [0.25, 0.3) is 0 Å². The molecular weight excluding hydrogens is 178 g/mol. The third-order valence-electron chi connectivity index (χ3n) is 1.99. The molecule has 1 aromatic carbocycles. The first-order chi connectivity index (χ1) is 6.85. The van der Waals surface area contributed by atoms with E-state index in [1.165, 1.54) is 0 Å². The Kier molecular flexibility index (Phi) is 2.18. The van der Waals surface area contributed by atoms with E-state index in [2.05, 4.69) is 15.3 Å². The van der Waals surface area contributed by atoms with Crippen LogP contribution in [-0.4, -0.2) is 24.1 Å². The van der Waals surface area contributed by atoms with Gasteiger partial charge < -0.3 is 10.1 Å². The molecular formula is C10H11N3O. The predicted octanol–water partition coefficient (Wildman–Crippen LogP) is 1.68. The van der Waals surface area contributed by atoms with Crippen LogP contribution in [0.5, 0.6) is 5.88 Å². The third kappa shape index (κ3) is 1.35. The van der Waals surface area contributed by atoms with E-state index in [4.69, 9.17) is 4.74 Å². The second-order valence-corrected chi connectivity index (χ2v) is 2.82. The highest BCUT2D eigenvalue weighted by molar-refractivity contribution is 5.84.